The summed E-state index contributed by atoms with van der Waals surface area (Å²) in [5.41, 5.74) is -0.775. The number of rotatable bonds is 1. The summed E-state index contributed by atoms with van der Waals surface area (Å²) >= 11 is 0. The van der Waals surface area contributed by atoms with Gasteiger partial charge in [0.05, 0.1) is 0 Å². The van der Waals surface area contributed by atoms with Gasteiger partial charge < -0.3 is 10.2 Å². The predicted molar refractivity (Wildman–Crippen MR) is 74.2 cm³/mol. The van der Waals surface area contributed by atoms with Crippen molar-refractivity contribution in [3.63, 3.8) is 0 Å². The molecule has 3 atom stereocenters. The Hall–Kier alpha value is -1.59. The summed E-state index contributed by atoms with van der Waals surface area (Å²) in [5.74, 6) is 1.61. The molecule has 0 radical (unpaired) electrons. The van der Waals surface area contributed by atoms with Gasteiger partial charge in [-0.1, -0.05) is 6.42 Å². The third-order valence-electron chi connectivity index (χ3n) is 6.00. The van der Waals surface area contributed by atoms with E-state index in [1.54, 1.807) is 0 Å². The average molecular weight is 291 g/mol. The van der Waals surface area contributed by atoms with Crippen LogP contribution in [0, 0.1) is 17.8 Å². The molecule has 21 heavy (non-hydrogen) atoms. The minimum Gasteiger partial charge on any atom is -0.342 e. The third kappa shape index (κ3) is 1.95. The lowest BCUT2D eigenvalue weighted by Crippen LogP contribution is -2.56. The van der Waals surface area contributed by atoms with Crippen LogP contribution in [0.5, 0.6) is 0 Å². The van der Waals surface area contributed by atoms with E-state index in [2.05, 4.69) is 10.6 Å². The SMILES string of the molecule is O=C1NC(=O)C2(CCN(C(=O)[C@@H]3C[C@H]4CC[C@@H]3C4)CC2)N1. The van der Waals surface area contributed by atoms with Gasteiger partial charge >= 0.3 is 6.03 Å². The number of hydrogen-bond acceptors (Lipinski definition) is 3. The highest BCUT2D eigenvalue weighted by molar-refractivity contribution is 6.07. The van der Waals surface area contributed by atoms with E-state index in [0.29, 0.717) is 31.8 Å². The van der Waals surface area contributed by atoms with Gasteiger partial charge in [0.2, 0.25) is 5.91 Å². The first-order chi connectivity index (χ1) is 10.1. The predicted octanol–water partition coefficient (Wildman–Crippen LogP) is 0.623. The quantitative estimate of drug-likeness (QED) is 0.695. The molecule has 2 saturated heterocycles. The van der Waals surface area contributed by atoms with Crippen LogP contribution < -0.4 is 10.6 Å². The van der Waals surface area contributed by atoms with E-state index in [1.807, 2.05) is 4.90 Å². The third-order valence-corrected chi connectivity index (χ3v) is 6.00. The maximum Gasteiger partial charge on any atom is 0.322 e. The number of nitrogens with one attached hydrogen (secondary N) is 2. The van der Waals surface area contributed by atoms with Crippen LogP contribution >= 0.6 is 0 Å². The Morgan fingerprint density at radius 3 is 2.43 bits per heavy atom. The molecule has 4 aliphatic rings. The van der Waals surface area contributed by atoms with Crippen molar-refractivity contribution in [3.8, 4) is 0 Å². The molecule has 2 saturated carbocycles. The number of nitrogens with zero attached hydrogens (tertiary/aromatic N) is 1. The molecule has 2 bridgehead atoms. The molecule has 0 aromatic rings. The van der Waals surface area contributed by atoms with Crippen molar-refractivity contribution < 1.29 is 14.4 Å². The van der Waals surface area contributed by atoms with Crippen LogP contribution in [0.15, 0.2) is 0 Å². The van der Waals surface area contributed by atoms with Gasteiger partial charge in [-0.05, 0) is 43.9 Å². The fraction of sp³-hybridized carbons (Fsp3) is 0.800. The maximum atomic E-state index is 12.7. The molecule has 6 nitrogen and oxygen atoms in total. The Bertz CT molecular complexity index is 510. The highest BCUT2D eigenvalue weighted by Crippen LogP contribution is 2.49. The molecule has 0 aromatic heterocycles. The van der Waals surface area contributed by atoms with Crippen molar-refractivity contribution in [1.29, 1.82) is 0 Å². The Labute approximate surface area is 123 Å². The van der Waals surface area contributed by atoms with Crippen molar-refractivity contribution in [2.24, 2.45) is 17.8 Å². The molecule has 2 aliphatic heterocycles. The van der Waals surface area contributed by atoms with Gasteiger partial charge in [0.25, 0.3) is 5.91 Å². The number of imide groups is 1. The summed E-state index contributed by atoms with van der Waals surface area (Å²) in [6.45, 7) is 1.14. The zero-order valence-electron chi connectivity index (χ0n) is 12.1. The highest BCUT2D eigenvalue weighted by Gasteiger charge is 2.50. The second kappa shape index (κ2) is 4.45. The molecule has 0 aromatic carbocycles. The van der Waals surface area contributed by atoms with Crippen LogP contribution in [0.1, 0.15) is 38.5 Å². The molecule has 2 N–H and O–H groups in total. The van der Waals surface area contributed by atoms with Crippen molar-refractivity contribution in [2.75, 3.05) is 13.1 Å². The molecule has 2 heterocycles. The first-order valence-corrected chi connectivity index (χ1v) is 8.00. The summed E-state index contributed by atoms with van der Waals surface area (Å²) in [7, 11) is 0. The van der Waals surface area contributed by atoms with Gasteiger partial charge in [0.15, 0.2) is 0 Å². The number of fused-ring (bicyclic) bond motifs is 2. The lowest BCUT2D eigenvalue weighted by atomic mass is 9.84. The number of hydrogen-bond donors (Lipinski definition) is 2. The number of piperidine rings is 1. The van der Waals surface area contributed by atoms with Gasteiger partial charge in [0.1, 0.15) is 5.54 Å². The van der Waals surface area contributed by atoms with Crippen LogP contribution in [0.4, 0.5) is 4.79 Å². The molecule has 4 rings (SSSR count). The monoisotopic (exact) mass is 291 g/mol. The first-order valence-electron chi connectivity index (χ1n) is 8.00. The molecular weight excluding hydrogens is 270 g/mol. The Kier molecular flexibility index (Phi) is 2.78. The number of likely N-dealkylation sites (tertiary alicyclic amines) is 1. The van der Waals surface area contributed by atoms with Crippen molar-refractivity contribution in [1.82, 2.24) is 15.5 Å². The summed E-state index contributed by atoms with van der Waals surface area (Å²) in [6.07, 6.45) is 5.84. The van der Waals surface area contributed by atoms with Gasteiger partial charge in [-0.2, -0.15) is 0 Å². The number of carbonyl (C=O) groups excluding carboxylic acids is 3. The van der Waals surface area contributed by atoms with E-state index in [0.717, 1.165) is 12.3 Å². The topological polar surface area (TPSA) is 78.5 Å². The van der Waals surface area contributed by atoms with Crippen molar-refractivity contribution >= 4 is 17.8 Å². The standard InChI is InChI=1S/C15H21N3O3/c19-12(11-8-9-1-2-10(11)7-9)18-5-3-15(4-6-18)13(20)16-14(21)17-15/h9-11H,1-8H2,(H2,16,17,20,21)/t9-,10+,11+/m0/s1. The molecule has 0 unspecified atom stereocenters. The number of carbonyl (C=O) groups is 3. The fourth-order valence-corrected chi connectivity index (χ4v) is 4.77. The molecule has 2 aliphatic carbocycles. The molecule has 6 heteroatoms. The Morgan fingerprint density at radius 1 is 1.14 bits per heavy atom. The Balaban J connectivity index is 1.40. The fourth-order valence-electron chi connectivity index (χ4n) is 4.77. The summed E-state index contributed by atoms with van der Waals surface area (Å²) < 4.78 is 0. The summed E-state index contributed by atoms with van der Waals surface area (Å²) in [5, 5.41) is 5.04. The Morgan fingerprint density at radius 2 is 1.90 bits per heavy atom. The molecule has 114 valence electrons. The van der Waals surface area contributed by atoms with Crippen LogP contribution in [-0.2, 0) is 9.59 Å². The van der Waals surface area contributed by atoms with E-state index in [-0.39, 0.29) is 17.7 Å². The zero-order chi connectivity index (χ0) is 14.6. The number of amides is 4. The van der Waals surface area contributed by atoms with E-state index < -0.39 is 11.6 Å². The van der Waals surface area contributed by atoms with E-state index in [9.17, 15) is 14.4 Å². The van der Waals surface area contributed by atoms with E-state index in [4.69, 9.17) is 0 Å². The summed E-state index contributed by atoms with van der Waals surface area (Å²) in [6, 6.07) is -0.409. The normalized spacial score (nSPS) is 37.0. The second-order valence-electron chi connectivity index (χ2n) is 7.10. The zero-order valence-corrected chi connectivity index (χ0v) is 12.1. The van der Waals surface area contributed by atoms with Gasteiger partial charge in [-0.3, -0.25) is 14.9 Å². The minimum absolute atomic E-state index is 0.213. The lowest BCUT2D eigenvalue weighted by Gasteiger charge is -2.39. The average Bonchev–Trinajstić information content (AvgIpc) is 3.15. The lowest BCUT2D eigenvalue weighted by molar-refractivity contribution is -0.140. The van der Waals surface area contributed by atoms with Crippen molar-refractivity contribution in [2.45, 2.75) is 44.1 Å². The second-order valence-corrected chi connectivity index (χ2v) is 7.10. The summed E-state index contributed by atoms with van der Waals surface area (Å²) in [4.78, 5) is 37.8. The highest BCUT2D eigenvalue weighted by atomic mass is 16.2. The van der Waals surface area contributed by atoms with Crippen LogP contribution in [0.25, 0.3) is 0 Å². The van der Waals surface area contributed by atoms with Gasteiger partial charge in [-0.15, -0.1) is 0 Å². The van der Waals surface area contributed by atoms with E-state index in [1.165, 1.54) is 19.3 Å². The van der Waals surface area contributed by atoms with Gasteiger partial charge in [0, 0.05) is 19.0 Å². The van der Waals surface area contributed by atoms with E-state index >= 15 is 0 Å². The molecule has 4 amide bonds. The van der Waals surface area contributed by atoms with Crippen LogP contribution in [0.3, 0.4) is 0 Å². The molecule has 1 spiro atoms. The number of urea groups is 1. The molecular formula is C15H21N3O3. The maximum absolute atomic E-state index is 12.7. The van der Waals surface area contributed by atoms with Crippen molar-refractivity contribution in [3.05, 3.63) is 0 Å². The smallest absolute Gasteiger partial charge is 0.322 e. The minimum atomic E-state index is -0.775. The molecule has 4 fully saturated rings. The largest absolute Gasteiger partial charge is 0.342 e. The van der Waals surface area contributed by atoms with Crippen LogP contribution in [0.2, 0.25) is 0 Å². The van der Waals surface area contributed by atoms with Crippen LogP contribution in [-0.4, -0.2) is 41.4 Å². The van der Waals surface area contributed by atoms with Gasteiger partial charge in [-0.25, -0.2) is 4.79 Å². The first kappa shape index (κ1) is 13.1.